The summed E-state index contributed by atoms with van der Waals surface area (Å²) in [5, 5.41) is 0.319. The fourth-order valence-electron chi connectivity index (χ4n) is 1.51. The number of morpholine rings is 1. The maximum Gasteiger partial charge on any atom is 0.255 e. The number of carbonyl (C=O) groups is 1. The molecule has 1 amide bonds. The SMILES string of the molecule is O=C(c1cc(Cl)ncc1Br)N1CCOCC1. The van der Waals surface area contributed by atoms with E-state index in [1.54, 1.807) is 11.0 Å². The number of aromatic nitrogens is 1. The van der Waals surface area contributed by atoms with E-state index in [1.165, 1.54) is 6.20 Å². The molecule has 0 N–H and O–H groups in total. The molecule has 0 unspecified atom stereocenters. The van der Waals surface area contributed by atoms with E-state index in [-0.39, 0.29) is 5.91 Å². The lowest BCUT2D eigenvalue weighted by Crippen LogP contribution is -2.40. The van der Waals surface area contributed by atoms with Crippen molar-refractivity contribution in [3.63, 3.8) is 0 Å². The topological polar surface area (TPSA) is 42.4 Å². The fourth-order valence-corrected chi connectivity index (χ4v) is 2.06. The van der Waals surface area contributed by atoms with E-state index < -0.39 is 0 Å². The lowest BCUT2D eigenvalue weighted by molar-refractivity contribution is 0.0302. The molecule has 2 rings (SSSR count). The van der Waals surface area contributed by atoms with Crippen molar-refractivity contribution in [1.29, 1.82) is 0 Å². The predicted octanol–water partition coefficient (Wildman–Crippen LogP) is 1.97. The van der Waals surface area contributed by atoms with Crippen LogP contribution in [0.2, 0.25) is 5.15 Å². The minimum atomic E-state index is -0.0422. The second-order valence-electron chi connectivity index (χ2n) is 3.39. The van der Waals surface area contributed by atoms with Gasteiger partial charge in [0, 0.05) is 23.8 Å². The molecule has 0 saturated carbocycles. The Balaban J connectivity index is 2.22. The molecule has 1 fully saturated rings. The fraction of sp³-hybridized carbons (Fsp3) is 0.400. The standard InChI is InChI=1S/C10H10BrClN2O2/c11-8-6-13-9(12)5-7(8)10(15)14-1-3-16-4-2-14/h5-6H,1-4H2. The third-order valence-corrected chi connectivity index (χ3v) is 3.19. The van der Waals surface area contributed by atoms with E-state index in [2.05, 4.69) is 20.9 Å². The van der Waals surface area contributed by atoms with Crippen molar-refractivity contribution in [2.75, 3.05) is 26.3 Å². The Morgan fingerprint density at radius 3 is 2.88 bits per heavy atom. The molecule has 16 heavy (non-hydrogen) atoms. The summed E-state index contributed by atoms with van der Waals surface area (Å²) in [6, 6.07) is 1.57. The Bertz CT molecular complexity index is 408. The van der Waals surface area contributed by atoms with Crippen molar-refractivity contribution in [3.8, 4) is 0 Å². The molecule has 0 aromatic carbocycles. The molecule has 1 aliphatic rings. The number of rotatable bonds is 1. The zero-order valence-corrected chi connectivity index (χ0v) is 10.8. The van der Waals surface area contributed by atoms with Gasteiger partial charge in [0.15, 0.2) is 0 Å². The van der Waals surface area contributed by atoms with Crippen LogP contribution in [-0.2, 0) is 4.74 Å². The summed E-state index contributed by atoms with van der Waals surface area (Å²) in [6.45, 7) is 2.40. The van der Waals surface area contributed by atoms with Crippen LogP contribution in [0.15, 0.2) is 16.7 Å². The Kier molecular flexibility index (Phi) is 3.78. The number of nitrogens with zero attached hydrogens (tertiary/aromatic N) is 2. The third kappa shape index (κ3) is 2.53. The highest BCUT2D eigenvalue weighted by Crippen LogP contribution is 2.20. The predicted molar refractivity (Wildman–Crippen MR) is 63.7 cm³/mol. The van der Waals surface area contributed by atoms with Crippen molar-refractivity contribution >= 4 is 33.4 Å². The maximum absolute atomic E-state index is 12.1. The van der Waals surface area contributed by atoms with E-state index in [4.69, 9.17) is 16.3 Å². The van der Waals surface area contributed by atoms with Gasteiger partial charge in [0.25, 0.3) is 5.91 Å². The molecule has 1 aromatic rings. The number of pyridine rings is 1. The average Bonchev–Trinajstić information content (AvgIpc) is 2.32. The van der Waals surface area contributed by atoms with Gasteiger partial charge < -0.3 is 9.64 Å². The van der Waals surface area contributed by atoms with Crippen LogP contribution in [0.3, 0.4) is 0 Å². The smallest absolute Gasteiger partial charge is 0.255 e. The van der Waals surface area contributed by atoms with Crippen LogP contribution in [0.4, 0.5) is 0 Å². The molecule has 1 saturated heterocycles. The van der Waals surface area contributed by atoms with E-state index in [0.717, 1.165) is 0 Å². The second-order valence-corrected chi connectivity index (χ2v) is 4.63. The zero-order chi connectivity index (χ0) is 11.5. The van der Waals surface area contributed by atoms with Crippen LogP contribution >= 0.6 is 27.5 Å². The molecule has 0 bridgehead atoms. The van der Waals surface area contributed by atoms with Crippen LogP contribution in [0.25, 0.3) is 0 Å². The van der Waals surface area contributed by atoms with Gasteiger partial charge in [0.1, 0.15) is 5.15 Å². The van der Waals surface area contributed by atoms with Gasteiger partial charge in [0.05, 0.1) is 18.8 Å². The summed E-state index contributed by atoms with van der Waals surface area (Å²) in [4.78, 5) is 17.8. The van der Waals surface area contributed by atoms with E-state index >= 15 is 0 Å². The molecular formula is C10H10BrClN2O2. The highest BCUT2D eigenvalue weighted by Gasteiger charge is 2.20. The van der Waals surface area contributed by atoms with Gasteiger partial charge in [-0.05, 0) is 22.0 Å². The summed E-state index contributed by atoms with van der Waals surface area (Å²) >= 11 is 9.07. The molecule has 2 heterocycles. The van der Waals surface area contributed by atoms with Gasteiger partial charge in [-0.25, -0.2) is 4.98 Å². The highest BCUT2D eigenvalue weighted by atomic mass is 79.9. The summed E-state index contributed by atoms with van der Waals surface area (Å²) < 4.78 is 5.86. The summed E-state index contributed by atoms with van der Waals surface area (Å²) in [5.74, 6) is -0.0422. The van der Waals surface area contributed by atoms with Crippen LogP contribution in [0.5, 0.6) is 0 Å². The van der Waals surface area contributed by atoms with E-state index in [9.17, 15) is 4.79 Å². The van der Waals surface area contributed by atoms with Gasteiger partial charge in [-0.1, -0.05) is 11.6 Å². The molecule has 0 spiro atoms. The molecule has 4 nitrogen and oxygen atoms in total. The quantitative estimate of drug-likeness (QED) is 0.745. The number of amides is 1. The molecule has 0 aliphatic carbocycles. The first-order valence-corrected chi connectivity index (χ1v) is 6.03. The van der Waals surface area contributed by atoms with Crippen molar-refractivity contribution in [2.45, 2.75) is 0 Å². The number of ether oxygens (including phenoxy) is 1. The van der Waals surface area contributed by atoms with Gasteiger partial charge in [0.2, 0.25) is 0 Å². The molecule has 0 radical (unpaired) electrons. The monoisotopic (exact) mass is 304 g/mol. The molecule has 6 heteroatoms. The van der Waals surface area contributed by atoms with Gasteiger partial charge in [-0.2, -0.15) is 0 Å². The summed E-state index contributed by atoms with van der Waals surface area (Å²) in [5.41, 5.74) is 0.543. The van der Waals surface area contributed by atoms with Gasteiger partial charge in [-0.15, -0.1) is 0 Å². The van der Waals surface area contributed by atoms with Crippen LogP contribution in [-0.4, -0.2) is 42.1 Å². The molecule has 1 aliphatic heterocycles. The first-order valence-electron chi connectivity index (χ1n) is 4.86. The largest absolute Gasteiger partial charge is 0.378 e. The van der Waals surface area contributed by atoms with Crippen molar-refractivity contribution in [1.82, 2.24) is 9.88 Å². The third-order valence-electron chi connectivity index (χ3n) is 2.35. The summed E-state index contributed by atoms with van der Waals surface area (Å²) in [7, 11) is 0. The zero-order valence-electron chi connectivity index (χ0n) is 8.45. The second kappa shape index (κ2) is 5.12. The lowest BCUT2D eigenvalue weighted by atomic mass is 10.2. The van der Waals surface area contributed by atoms with Crippen LogP contribution in [0, 0.1) is 0 Å². The average molecular weight is 306 g/mol. The number of hydrogen-bond acceptors (Lipinski definition) is 3. The van der Waals surface area contributed by atoms with Gasteiger partial charge in [-0.3, -0.25) is 4.79 Å². The molecule has 1 aromatic heterocycles. The Morgan fingerprint density at radius 2 is 2.19 bits per heavy atom. The Morgan fingerprint density at radius 1 is 1.50 bits per heavy atom. The van der Waals surface area contributed by atoms with Crippen molar-refractivity contribution in [3.05, 3.63) is 27.5 Å². The number of carbonyl (C=O) groups excluding carboxylic acids is 1. The Hall–Kier alpha value is -0.650. The number of halogens is 2. The summed E-state index contributed by atoms with van der Waals surface area (Å²) in [6.07, 6.45) is 1.54. The minimum absolute atomic E-state index is 0.0422. The first-order chi connectivity index (χ1) is 7.68. The molecular weight excluding hydrogens is 295 g/mol. The molecule has 0 atom stereocenters. The first kappa shape index (κ1) is 11.8. The van der Waals surface area contributed by atoms with Crippen LogP contribution < -0.4 is 0 Å². The Labute approximate surface area is 107 Å². The minimum Gasteiger partial charge on any atom is -0.378 e. The molecule has 86 valence electrons. The van der Waals surface area contributed by atoms with Gasteiger partial charge >= 0.3 is 0 Å². The lowest BCUT2D eigenvalue weighted by Gasteiger charge is -2.27. The number of hydrogen-bond donors (Lipinski definition) is 0. The van der Waals surface area contributed by atoms with Crippen molar-refractivity contribution in [2.24, 2.45) is 0 Å². The highest BCUT2D eigenvalue weighted by molar-refractivity contribution is 9.10. The van der Waals surface area contributed by atoms with Crippen molar-refractivity contribution < 1.29 is 9.53 Å². The van der Waals surface area contributed by atoms with E-state index in [1.807, 2.05) is 0 Å². The maximum atomic E-state index is 12.1. The van der Waals surface area contributed by atoms with E-state index in [0.29, 0.717) is 41.5 Å². The van der Waals surface area contributed by atoms with Crippen LogP contribution in [0.1, 0.15) is 10.4 Å². The normalized spacial score (nSPS) is 16.2.